The average Bonchev–Trinajstić information content (AvgIpc) is 2.65. The molecule has 0 aromatic heterocycles. The van der Waals surface area contributed by atoms with Gasteiger partial charge in [0.2, 0.25) is 5.91 Å². The lowest BCUT2D eigenvalue weighted by Gasteiger charge is -2.26. The maximum absolute atomic E-state index is 12.1. The predicted molar refractivity (Wildman–Crippen MR) is 71.1 cm³/mol. The lowest BCUT2D eigenvalue weighted by Crippen LogP contribution is -2.33. The van der Waals surface area contributed by atoms with Crippen molar-refractivity contribution in [3.8, 4) is 0 Å². The molecule has 3 rings (SSSR count). The van der Waals surface area contributed by atoms with Gasteiger partial charge in [-0.05, 0) is 55.6 Å². The monoisotopic (exact) mass is 294 g/mol. The SMILES string of the molecule is O=C1Nc2ccc(Br)cc2C1C1CCNCC1. The van der Waals surface area contributed by atoms with Crippen molar-refractivity contribution >= 4 is 27.5 Å². The van der Waals surface area contributed by atoms with Crippen LogP contribution >= 0.6 is 15.9 Å². The third kappa shape index (κ3) is 2.00. The van der Waals surface area contributed by atoms with Crippen LogP contribution in [-0.4, -0.2) is 19.0 Å². The second-order valence-corrected chi connectivity index (χ2v) is 5.70. The van der Waals surface area contributed by atoms with Gasteiger partial charge in [-0.25, -0.2) is 0 Å². The van der Waals surface area contributed by atoms with Crippen molar-refractivity contribution in [2.24, 2.45) is 5.92 Å². The van der Waals surface area contributed by atoms with Crippen LogP contribution in [0, 0.1) is 5.92 Å². The first-order valence-corrected chi connectivity index (χ1v) is 6.86. The Labute approximate surface area is 109 Å². The fourth-order valence-corrected chi connectivity index (χ4v) is 3.28. The lowest BCUT2D eigenvalue weighted by atomic mass is 9.81. The average molecular weight is 295 g/mol. The first kappa shape index (κ1) is 11.2. The van der Waals surface area contributed by atoms with Gasteiger partial charge in [-0.15, -0.1) is 0 Å². The van der Waals surface area contributed by atoms with Crippen LogP contribution in [0.5, 0.6) is 0 Å². The highest BCUT2D eigenvalue weighted by Gasteiger charge is 2.37. The molecule has 1 amide bonds. The molecule has 4 heteroatoms. The number of anilines is 1. The molecule has 0 spiro atoms. The van der Waals surface area contributed by atoms with Gasteiger partial charge in [0.15, 0.2) is 0 Å². The Hall–Kier alpha value is -0.870. The number of benzene rings is 1. The van der Waals surface area contributed by atoms with E-state index in [1.165, 1.54) is 0 Å². The van der Waals surface area contributed by atoms with Gasteiger partial charge >= 0.3 is 0 Å². The van der Waals surface area contributed by atoms with Crippen molar-refractivity contribution in [2.45, 2.75) is 18.8 Å². The maximum atomic E-state index is 12.1. The van der Waals surface area contributed by atoms with Gasteiger partial charge in [0.05, 0.1) is 5.92 Å². The van der Waals surface area contributed by atoms with Crippen molar-refractivity contribution in [2.75, 3.05) is 18.4 Å². The standard InChI is InChI=1S/C13H15BrN2O/c14-9-1-2-11-10(7-9)12(13(17)16-11)8-3-5-15-6-4-8/h1-2,7-8,12,15H,3-6H2,(H,16,17). The minimum absolute atomic E-state index is 0.0459. The summed E-state index contributed by atoms with van der Waals surface area (Å²) in [5.74, 6) is 0.696. The summed E-state index contributed by atoms with van der Waals surface area (Å²) in [5.41, 5.74) is 2.15. The van der Waals surface area contributed by atoms with Gasteiger partial charge in [0.1, 0.15) is 0 Å². The fourth-order valence-electron chi connectivity index (χ4n) is 2.90. The summed E-state index contributed by atoms with van der Waals surface area (Å²) in [6.07, 6.45) is 2.17. The van der Waals surface area contributed by atoms with Crippen LogP contribution in [0.4, 0.5) is 5.69 Å². The zero-order valence-corrected chi connectivity index (χ0v) is 11.1. The highest BCUT2D eigenvalue weighted by atomic mass is 79.9. The highest BCUT2D eigenvalue weighted by molar-refractivity contribution is 9.10. The van der Waals surface area contributed by atoms with Crippen molar-refractivity contribution in [1.82, 2.24) is 5.32 Å². The van der Waals surface area contributed by atoms with Gasteiger partial charge in [-0.1, -0.05) is 15.9 Å². The van der Waals surface area contributed by atoms with Crippen LogP contribution in [0.3, 0.4) is 0 Å². The van der Waals surface area contributed by atoms with Gasteiger partial charge in [-0.3, -0.25) is 4.79 Å². The normalized spacial score (nSPS) is 24.5. The number of carbonyl (C=O) groups excluding carboxylic acids is 1. The number of rotatable bonds is 1. The van der Waals surface area contributed by atoms with E-state index in [9.17, 15) is 4.79 Å². The quantitative estimate of drug-likeness (QED) is 0.835. The van der Waals surface area contributed by atoms with Gasteiger partial charge < -0.3 is 10.6 Å². The van der Waals surface area contributed by atoms with E-state index in [4.69, 9.17) is 0 Å². The number of carbonyl (C=O) groups is 1. The molecule has 3 nitrogen and oxygen atoms in total. The van der Waals surface area contributed by atoms with E-state index < -0.39 is 0 Å². The van der Waals surface area contributed by atoms with Crippen LogP contribution in [0.25, 0.3) is 0 Å². The highest BCUT2D eigenvalue weighted by Crippen LogP contribution is 2.41. The van der Waals surface area contributed by atoms with E-state index >= 15 is 0 Å². The number of piperidine rings is 1. The molecule has 1 unspecified atom stereocenters. The molecule has 0 saturated carbocycles. The minimum atomic E-state index is 0.0459. The fraction of sp³-hybridized carbons (Fsp3) is 0.462. The Kier molecular flexibility index (Phi) is 2.92. The lowest BCUT2D eigenvalue weighted by molar-refractivity contribution is -0.118. The first-order valence-electron chi connectivity index (χ1n) is 6.07. The molecule has 1 aromatic rings. The molecule has 1 fully saturated rings. The molecular formula is C13H15BrN2O. The summed E-state index contributed by atoms with van der Waals surface area (Å²) < 4.78 is 1.05. The molecule has 90 valence electrons. The van der Waals surface area contributed by atoms with Crippen LogP contribution in [-0.2, 0) is 4.79 Å². The van der Waals surface area contributed by atoms with E-state index in [2.05, 4.69) is 32.6 Å². The largest absolute Gasteiger partial charge is 0.325 e. The van der Waals surface area contributed by atoms with Gasteiger partial charge in [0.25, 0.3) is 0 Å². The maximum Gasteiger partial charge on any atom is 0.232 e. The Morgan fingerprint density at radius 1 is 1.24 bits per heavy atom. The Morgan fingerprint density at radius 2 is 2.00 bits per heavy atom. The van der Waals surface area contributed by atoms with Crippen LogP contribution in [0.2, 0.25) is 0 Å². The van der Waals surface area contributed by atoms with Crippen molar-refractivity contribution in [3.63, 3.8) is 0 Å². The summed E-state index contributed by atoms with van der Waals surface area (Å²) in [7, 11) is 0. The second-order valence-electron chi connectivity index (χ2n) is 4.79. The number of halogens is 1. The van der Waals surface area contributed by atoms with Gasteiger partial charge in [-0.2, -0.15) is 0 Å². The zero-order valence-electron chi connectivity index (χ0n) is 9.50. The smallest absolute Gasteiger partial charge is 0.232 e. The van der Waals surface area contributed by atoms with E-state index in [1.807, 2.05) is 12.1 Å². The van der Waals surface area contributed by atoms with Crippen molar-refractivity contribution in [1.29, 1.82) is 0 Å². The van der Waals surface area contributed by atoms with Crippen molar-refractivity contribution in [3.05, 3.63) is 28.2 Å². The van der Waals surface area contributed by atoms with Crippen LogP contribution in [0.15, 0.2) is 22.7 Å². The molecule has 0 radical (unpaired) electrons. The van der Waals surface area contributed by atoms with Crippen molar-refractivity contribution < 1.29 is 4.79 Å². The minimum Gasteiger partial charge on any atom is -0.325 e. The third-order valence-corrected chi connectivity index (χ3v) is 4.24. The molecule has 1 aromatic carbocycles. The van der Waals surface area contributed by atoms with Crippen LogP contribution in [0.1, 0.15) is 24.3 Å². The zero-order chi connectivity index (χ0) is 11.8. The number of amides is 1. The summed E-state index contributed by atoms with van der Waals surface area (Å²) in [5, 5.41) is 6.34. The molecule has 2 N–H and O–H groups in total. The molecule has 2 heterocycles. The van der Waals surface area contributed by atoms with Crippen LogP contribution < -0.4 is 10.6 Å². The molecule has 2 aliphatic heterocycles. The summed E-state index contributed by atoms with van der Waals surface area (Å²) in [6.45, 7) is 2.05. The molecule has 2 aliphatic rings. The number of nitrogens with one attached hydrogen (secondary N) is 2. The predicted octanol–water partition coefficient (Wildman–Crippen LogP) is 2.48. The topological polar surface area (TPSA) is 41.1 Å². The molecule has 1 atom stereocenters. The Bertz CT molecular complexity index is 455. The number of hydrogen-bond acceptors (Lipinski definition) is 2. The molecule has 0 aliphatic carbocycles. The Morgan fingerprint density at radius 3 is 2.76 bits per heavy atom. The van der Waals surface area contributed by atoms with E-state index in [1.54, 1.807) is 0 Å². The van der Waals surface area contributed by atoms with E-state index in [0.717, 1.165) is 41.7 Å². The summed E-state index contributed by atoms with van der Waals surface area (Å²) >= 11 is 3.48. The number of fused-ring (bicyclic) bond motifs is 1. The summed E-state index contributed by atoms with van der Waals surface area (Å²) in [6, 6.07) is 6.04. The third-order valence-electron chi connectivity index (χ3n) is 3.74. The number of hydrogen-bond donors (Lipinski definition) is 2. The molecular weight excluding hydrogens is 280 g/mol. The summed E-state index contributed by atoms with van der Waals surface area (Å²) in [4.78, 5) is 12.1. The van der Waals surface area contributed by atoms with E-state index in [-0.39, 0.29) is 11.8 Å². The first-order chi connectivity index (χ1) is 8.25. The van der Waals surface area contributed by atoms with E-state index in [0.29, 0.717) is 5.92 Å². The van der Waals surface area contributed by atoms with Gasteiger partial charge in [0, 0.05) is 10.2 Å². The molecule has 17 heavy (non-hydrogen) atoms. The second kappa shape index (κ2) is 4.42. The molecule has 1 saturated heterocycles. The molecule has 0 bridgehead atoms. The Balaban J connectivity index is 1.95.